The van der Waals surface area contributed by atoms with Crippen LogP contribution in [0.1, 0.15) is 36.8 Å². The first-order valence-electron chi connectivity index (χ1n) is 10.5. The Morgan fingerprint density at radius 1 is 1.22 bits per heavy atom. The van der Waals surface area contributed by atoms with E-state index in [-0.39, 0.29) is 5.41 Å². The second-order valence-electron chi connectivity index (χ2n) is 8.76. The maximum atomic E-state index is 5.76. The van der Waals surface area contributed by atoms with Crippen molar-refractivity contribution in [3.8, 4) is 0 Å². The van der Waals surface area contributed by atoms with Crippen molar-refractivity contribution in [2.75, 3.05) is 58.0 Å². The molecule has 0 bridgehead atoms. The summed E-state index contributed by atoms with van der Waals surface area (Å²) in [5.74, 6) is 1.80. The molecule has 1 aliphatic carbocycles. The highest BCUT2D eigenvalue weighted by molar-refractivity contribution is 5.49. The molecule has 0 radical (unpaired) electrons. The van der Waals surface area contributed by atoms with Crippen molar-refractivity contribution in [2.45, 2.75) is 45.6 Å². The van der Waals surface area contributed by atoms with Gasteiger partial charge in [0.2, 0.25) is 0 Å². The van der Waals surface area contributed by atoms with E-state index in [0.29, 0.717) is 0 Å². The van der Waals surface area contributed by atoms with Crippen LogP contribution >= 0.6 is 0 Å². The molecule has 2 aliphatic heterocycles. The van der Waals surface area contributed by atoms with Crippen molar-refractivity contribution in [1.29, 1.82) is 0 Å². The van der Waals surface area contributed by atoms with Crippen LogP contribution in [-0.4, -0.2) is 74.2 Å². The molecular weight excluding hydrogens is 340 g/mol. The minimum atomic E-state index is 0.244. The predicted molar refractivity (Wildman–Crippen MR) is 106 cm³/mol. The average molecular weight is 375 g/mol. The Labute approximate surface area is 163 Å². The van der Waals surface area contributed by atoms with E-state index in [1.54, 1.807) is 0 Å². The fraction of sp³-hybridized carbons (Fsp3) is 0.810. The molecule has 1 aromatic rings. The first kappa shape index (κ1) is 19.1. The Balaban J connectivity index is 1.51. The lowest BCUT2D eigenvalue weighted by molar-refractivity contribution is -0.0540. The molecule has 0 spiro atoms. The quantitative estimate of drug-likeness (QED) is 0.807. The van der Waals surface area contributed by atoms with Gasteiger partial charge >= 0.3 is 0 Å². The predicted octanol–water partition coefficient (Wildman–Crippen LogP) is 2.44. The molecule has 2 saturated heterocycles. The lowest BCUT2D eigenvalue weighted by Crippen LogP contribution is -2.57. The van der Waals surface area contributed by atoms with Gasteiger partial charge in [-0.15, -0.1) is 5.10 Å². The molecule has 3 aliphatic rings. The molecule has 3 atom stereocenters. The van der Waals surface area contributed by atoms with E-state index >= 15 is 0 Å². The highest BCUT2D eigenvalue weighted by Crippen LogP contribution is 2.48. The van der Waals surface area contributed by atoms with Crippen molar-refractivity contribution in [3.05, 3.63) is 17.3 Å². The molecule has 27 heavy (non-hydrogen) atoms. The number of fused-ring (bicyclic) bond motifs is 1. The second kappa shape index (κ2) is 8.02. The van der Waals surface area contributed by atoms with Crippen molar-refractivity contribution < 1.29 is 9.47 Å². The Bertz CT molecular complexity index is 649. The molecule has 0 unspecified atom stereocenters. The van der Waals surface area contributed by atoms with Crippen LogP contribution in [-0.2, 0) is 9.47 Å². The Hall–Kier alpha value is -1.24. The molecule has 6 heteroatoms. The molecular formula is C21H34N4O2. The van der Waals surface area contributed by atoms with Gasteiger partial charge in [-0.1, -0.05) is 0 Å². The number of ether oxygens (including phenoxy) is 2. The summed E-state index contributed by atoms with van der Waals surface area (Å²) in [6, 6.07) is 0.718. The van der Waals surface area contributed by atoms with Crippen LogP contribution in [0.3, 0.4) is 0 Å². The highest BCUT2D eigenvalue weighted by Gasteiger charge is 2.48. The zero-order valence-corrected chi connectivity index (χ0v) is 17.1. The normalized spacial score (nSPS) is 32.3. The molecule has 150 valence electrons. The van der Waals surface area contributed by atoms with E-state index in [4.69, 9.17) is 9.47 Å². The number of morpholine rings is 1. The average Bonchev–Trinajstić information content (AvgIpc) is 2.70. The van der Waals surface area contributed by atoms with E-state index in [2.05, 4.69) is 33.8 Å². The number of piperidine rings is 1. The van der Waals surface area contributed by atoms with Crippen LogP contribution in [0, 0.1) is 25.2 Å². The van der Waals surface area contributed by atoms with E-state index in [1.807, 2.05) is 13.3 Å². The zero-order chi connectivity index (χ0) is 18.9. The van der Waals surface area contributed by atoms with Crippen LogP contribution in [0.5, 0.6) is 0 Å². The van der Waals surface area contributed by atoms with Gasteiger partial charge in [-0.25, -0.2) is 0 Å². The summed E-state index contributed by atoms with van der Waals surface area (Å²) in [6.45, 7) is 11.2. The molecule has 1 aromatic heterocycles. The summed E-state index contributed by atoms with van der Waals surface area (Å²) in [4.78, 5) is 5.14. The van der Waals surface area contributed by atoms with Crippen LogP contribution < -0.4 is 4.90 Å². The van der Waals surface area contributed by atoms with Crippen LogP contribution in [0.4, 0.5) is 5.82 Å². The first-order chi connectivity index (χ1) is 13.1. The van der Waals surface area contributed by atoms with E-state index < -0.39 is 0 Å². The van der Waals surface area contributed by atoms with E-state index in [9.17, 15) is 0 Å². The number of hydrogen-bond donors (Lipinski definition) is 0. The fourth-order valence-corrected chi connectivity index (χ4v) is 5.55. The molecule has 4 rings (SSSR count). The monoisotopic (exact) mass is 374 g/mol. The summed E-state index contributed by atoms with van der Waals surface area (Å²) in [6.07, 6.45) is 6.90. The lowest BCUT2D eigenvalue weighted by Gasteiger charge is -2.54. The van der Waals surface area contributed by atoms with Gasteiger partial charge in [-0.05, 0) is 56.6 Å². The fourth-order valence-electron chi connectivity index (χ4n) is 5.55. The number of aromatic nitrogens is 2. The van der Waals surface area contributed by atoms with Gasteiger partial charge in [-0.3, -0.25) is 4.90 Å². The zero-order valence-electron chi connectivity index (χ0n) is 17.1. The van der Waals surface area contributed by atoms with Crippen LogP contribution in [0.2, 0.25) is 0 Å². The van der Waals surface area contributed by atoms with Gasteiger partial charge in [0.15, 0.2) is 5.82 Å². The van der Waals surface area contributed by atoms with Crippen molar-refractivity contribution in [2.24, 2.45) is 11.3 Å². The summed E-state index contributed by atoms with van der Waals surface area (Å²) >= 11 is 0. The maximum absolute atomic E-state index is 5.76. The molecule has 3 heterocycles. The molecule has 3 fully saturated rings. The molecule has 6 nitrogen and oxygen atoms in total. The summed E-state index contributed by atoms with van der Waals surface area (Å²) in [5, 5.41) is 8.72. The van der Waals surface area contributed by atoms with E-state index in [0.717, 1.165) is 63.8 Å². The van der Waals surface area contributed by atoms with E-state index in [1.165, 1.54) is 36.8 Å². The minimum Gasteiger partial charge on any atom is -0.384 e. The molecule has 0 N–H and O–H groups in total. The van der Waals surface area contributed by atoms with Gasteiger partial charge in [0.05, 0.1) is 26.0 Å². The second-order valence-corrected chi connectivity index (χ2v) is 8.76. The molecule has 0 amide bonds. The number of nitrogens with zero attached hydrogens (tertiary/aromatic N) is 4. The largest absolute Gasteiger partial charge is 0.384 e. The number of aryl methyl sites for hydroxylation is 1. The van der Waals surface area contributed by atoms with Crippen molar-refractivity contribution >= 4 is 5.82 Å². The maximum Gasteiger partial charge on any atom is 0.154 e. The highest BCUT2D eigenvalue weighted by atomic mass is 16.5. The van der Waals surface area contributed by atoms with Crippen molar-refractivity contribution in [1.82, 2.24) is 15.1 Å². The Morgan fingerprint density at radius 2 is 2.04 bits per heavy atom. The smallest absolute Gasteiger partial charge is 0.154 e. The van der Waals surface area contributed by atoms with Gasteiger partial charge in [0, 0.05) is 44.7 Å². The van der Waals surface area contributed by atoms with Crippen LogP contribution in [0.15, 0.2) is 6.20 Å². The first-order valence-corrected chi connectivity index (χ1v) is 10.5. The van der Waals surface area contributed by atoms with Crippen LogP contribution in [0.25, 0.3) is 0 Å². The Kier molecular flexibility index (Phi) is 5.67. The van der Waals surface area contributed by atoms with Crippen molar-refractivity contribution in [3.63, 3.8) is 0 Å². The number of methoxy groups -OCH3 is 1. The third kappa shape index (κ3) is 3.71. The standard InChI is InChI=1S/C21H34N4O2/c1-16-13-22-23-20(17(16)2)25-7-5-18-12-19(24-8-10-27-11-9-24)4-6-21(18,14-25)15-26-3/h13,18-19H,4-12,14-15H2,1-3H3/t18-,19-,21+/m1/s1. The van der Waals surface area contributed by atoms with Gasteiger partial charge in [-0.2, -0.15) is 5.10 Å². The number of anilines is 1. The summed E-state index contributed by atoms with van der Waals surface area (Å²) in [7, 11) is 1.86. The minimum absolute atomic E-state index is 0.244. The third-order valence-corrected chi connectivity index (χ3v) is 7.28. The Morgan fingerprint density at radius 3 is 2.81 bits per heavy atom. The number of hydrogen-bond acceptors (Lipinski definition) is 6. The number of rotatable bonds is 4. The van der Waals surface area contributed by atoms with Gasteiger partial charge in [0.25, 0.3) is 0 Å². The summed E-state index contributed by atoms with van der Waals surface area (Å²) in [5.41, 5.74) is 2.73. The summed E-state index contributed by atoms with van der Waals surface area (Å²) < 4.78 is 11.3. The third-order valence-electron chi connectivity index (χ3n) is 7.28. The topological polar surface area (TPSA) is 50.7 Å². The lowest BCUT2D eigenvalue weighted by atomic mass is 9.61. The molecule has 1 saturated carbocycles. The van der Waals surface area contributed by atoms with Gasteiger partial charge in [0.1, 0.15) is 0 Å². The SMILES string of the molecule is COC[C@@]12CC[C@@H](N3CCOCC3)C[C@H]1CCN(c1nncc(C)c1C)C2. The molecule has 0 aromatic carbocycles. The van der Waals surface area contributed by atoms with Gasteiger partial charge < -0.3 is 14.4 Å².